The largest absolute Gasteiger partial charge is 0.494 e. The van der Waals surface area contributed by atoms with Crippen LogP contribution < -0.4 is 4.74 Å². The number of hydrogen-bond acceptors (Lipinski definition) is 3. The average molecular weight is 307 g/mol. The molecule has 23 heavy (non-hydrogen) atoms. The summed E-state index contributed by atoms with van der Waals surface area (Å²) >= 11 is 0. The van der Waals surface area contributed by atoms with Gasteiger partial charge in [-0.25, -0.2) is 4.39 Å². The highest BCUT2D eigenvalue weighted by Gasteiger charge is 2.10. The zero-order valence-corrected chi connectivity index (χ0v) is 12.5. The maximum absolute atomic E-state index is 13.8. The summed E-state index contributed by atoms with van der Waals surface area (Å²) in [4.78, 5) is 16.2. The van der Waals surface area contributed by atoms with Crippen molar-refractivity contribution in [3.05, 3.63) is 83.9 Å². The molecule has 0 bridgehead atoms. The molecule has 0 unspecified atom stereocenters. The fourth-order valence-electron chi connectivity index (χ4n) is 2.33. The molecule has 0 saturated heterocycles. The van der Waals surface area contributed by atoms with Gasteiger partial charge in [0, 0.05) is 23.5 Å². The van der Waals surface area contributed by atoms with Crippen molar-refractivity contribution in [2.45, 2.75) is 0 Å². The minimum Gasteiger partial charge on any atom is -0.494 e. The summed E-state index contributed by atoms with van der Waals surface area (Å²) in [5, 5.41) is 0. The van der Waals surface area contributed by atoms with Crippen LogP contribution in [0.3, 0.4) is 0 Å². The molecule has 3 rings (SSSR count). The zero-order valence-electron chi connectivity index (χ0n) is 12.5. The Labute approximate surface area is 133 Å². The molecule has 0 amide bonds. The fourth-order valence-corrected chi connectivity index (χ4v) is 2.33. The average Bonchev–Trinajstić information content (AvgIpc) is 2.62. The number of methoxy groups -OCH3 is 1. The number of nitrogens with zero attached hydrogens (tertiary/aromatic N) is 1. The smallest absolute Gasteiger partial charge is 0.193 e. The van der Waals surface area contributed by atoms with Gasteiger partial charge in [0.15, 0.2) is 17.3 Å². The summed E-state index contributed by atoms with van der Waals surface area (Å²) in [6.45, 7) is 0. The highest BCUT2D eigenvalue weighted by Crippen LogP contribution is 2.26. The quantitative estimate of drug-likeness (QED) is 0.680. The molecule has 0 radical (unpaired) electrons. The van der Waals surface area contributed by atoms with Gasteiger partial charge in [0.05, 0.1) is 7.11 Å². The number of benzene rings is 2. The molecule has 4 heteroatoms. The summed E-state index contributed by atoms with van der Waals surface area (Å²) in [6.07, 6.45) is 3.17. The van der Waals surface area contributed by atoms with Crippen LogP contribution >= 0.6 is 0 Å². The Balaban J connectivity index is 1.88. The van der Waals surface area contributed by atoms with Crippen molar-refractivity contribution in [2.75, 3.05) is 7.11 Å². The Morgan fingerprint density at radius 3 is 2.13 bits per heavy atom. The van der Waals surface area contributed by atoms with E-state index in [9.17, 15) is 9.18 Å². The molecular formula is C19H14FNO2. The van der Waals surface area contributed by atoms with Gasteiger partial charge in [-0.15, -0.1) is 0 Å². The topological polar surface area (TPSA) is 39.2 Å². The second-order valence-electron chi connectivity index (χ2n) is 4.99. The van der Waals surface area contributed by atoms with Gasteiger partial charge in [0.25, 0.3) is 0 Å². The van der Waals surface area contributed by atoms with Crippen molar-refractivity contribution in [1.82, 2.24) is 4.98 Å². The number of ketones is 1. The maximum Gasteiger partial charge on any atom is 0.193 e. The number of rotatable bonds is 4. The zero-order chi connectivity index (χ0) is 16.2. The Kier molecular flexibility index (Phi) is 4.15. The highest BCUT2D eigenvalue weighted by molar-refractivity contribution is 6.09. The molecule has 114 valence electrons. The number of ether oxygens (including phenoxy) is 1. The Morgan fingerprint density at radius 1 is 0.913 bits per heavy atom. The summed E-state index contributed by atoms with van der Waals surface area (Å²) in [5.74, 6) is -0.278. The first-order valence-corrected chi connectivity index (χ1v) is 7.08. The van der Waals surface area contributed by atoms with Crippen LogP contribution in [-0.2, 0) is 0 Å². The van der Waals surface area contributed by atoms with E-state index in [1.165, 1.54) is 13.2 Å². The lowest BCUT2D eigenvalue weighted by atomic mass is 10.00. The van der Waals surface area contributed by atoms with Gasteiger partial charge in [-0.3, -0.25) is 9.78 Å². The van der Waals surface area contributed by atoms with Crippen LogP contribution in [0.4, 0.5) is 4.39 Å². The maximum atomic E-state index is 13.8. The van der Waals surface area contributed by atoms with E-state index >= 15 is 0 Å². The predicted molar refractivity (Wildman–Crippen MR) is 86.1 cm³/mol. The van der Waals surface area contributed by atoms with Crippen LogP contribution in [0.1, 0.15) is 15.9 Å². The molecule has 2 aromatic carbocycles. The van der Waals surface area contributed by atoms with Gasteiger partial charge < -0.3 is 4.74 Å². The summed E-state index contributed by atoms with van der Waals surface area (Å²) in [7, 11) is 1.43. The van der Waals surface area contributed by atoms with Gasteiger partial charge >= 0.3 is 0 Å². The lowest BCUT2D eigenvalue weighted by molar-refractivity contribution is 0.103. The van der Waals surface area contributed by atoms with E-state index in [1.54, 1.807) is 60.9 Å². The molecular weight excluding hydrogens is 293 g/mol. The molecule has 0 aliphatic rings. The minimum atomic E-state index is -0.415. The molecule has 0 saturated carbocycles. The van der Waals surface area contributed by atoms with Crippen molar-refractivity contribution in [3.63, 3.8) is 0 Å². The molecule has 0 spiro atoms. The first-order chi connectivity index (χ1) is 11.2. The lowest BCUT2D eigenvalue weighted by Crippen LogP contribution is -2.00. The summed E-state index contributed by atoms with van der Waals surface area (Å²) in [6, 6.07) is 15.2. The summed E-state index contributed by atoms with van der Waals surface area (Å²) < 4.78 is 18.7. The van der Waals surface area contributed by atoms with E-state index in [-0.39, 0.29) is 11.5 Å². The van der Waals surface area contributed by atoms with Crippen molar-refractivity contribution in [1.29, 1.82) is 0 Å². The van der Waals surface area contributed by atoms with Crippen LogP contribution in [-0.4, -0.2) is 17.9 Å². The highest BCUT2D eigenvalue weighted by atomic mass is 19.1. The van der Waals surface area contributed by atoms with Crippen LogP contribution in [0.5, 0.6) is 5.75 Å². The SMILES string of the molecule is COc1ccc(-c2ccc(C(=O)c3ccncc3)cc2)cc1F. The van der Waals surface area contributed by atoms with Crippen molar-refractivity contribution in [2.24, 2.45) is 0 Å². The molecule has 0 fully saturated rings. The Bertz CT molecular complexity index is 830. The monoisotopic (exact) mass is 307 g/mol. The number of carbonyl (C=O) groups is 1. The van der Waals surface area contributed by atoms with Gasteiger partial charge in [-0.05, 0) is 35.4 Å². The second-order valence-corrected chi connectivity index (χ2v) is 4.99. The number of halogens is 1. The first-order valence-electron chi connectivity index (χ1n) is 7.08. The van der Waals surface area contributed by atoms with Gasteiger partial charge in [-0.2, -0.15) is 0 Å². The van der Waals surface area contributed by atoms with Gasteiger partial charge in [-0.1, -0.05) is 30.3 Å². The third-order valence-corrected chi connectivity index (χ3v) is 3.57. The van der Waals surface area contributed by atoms with E-state index in [1.807, 2.05) is 0 Å². The van der Waals surface area contributed by atoms with Crippen LogP contribution in [0.25, 0.3) is 11.1 Å². The second kappa shape index (κ2) is 6.40. The number of carbonyl (C=O) groups excluding carboxylic acids is 1. The Morgan fingerprint density at radius 2 is 1.52 bits per heavy atom. The number of pyridine rings is 1. The normalized spacial score (nSPS) is 10.3. The first kappa shape index (κ1) is 14.9. The molecule has 0 N–H and O–H groups in total. The number of hydrogen-bond donors (Lipinski definition) is 0. The molecule has 3 aromatic rings. The minimum absolute atomic E-state index is 0.0696. The van der Waals surface area contributed by atoms with Crippen molar-refractivity contribution in [3.8, 4) is 16.9 Å². The lowest BCUT2D eigenvalue weighted by Gasteiger charge is -2.07. The third kappa shape index (κ3) is 3.11. The van der Waals surface area contributed by atoms with Crippen molar-refractivity contribution < 1.29 is 13.9 Å². The van der Waals surface area contributed by atoms with E-state index in [4.69, 9.17) is 4.74 Å². The molecule has 0 aliphatic heterocycles. The predicted octanol–water partition coefficient (Wildman–Crippen LogP) is 4.13. The molecule has 1 heterocycles. The third-order valence-electron chi connectivity index (χ3n) is 3.57. The van der Waals surface area contributed by atoms with Crippen LogP contribution in [0.15, 0.2) is 67.0 Å². The molecule has 1 aromatic heterocycles. The summed E-state index contributed by atoms with van der Waals surface area (Å²) in [5.41, 5.74) is 2.72. The molecule has 0 aliphatic carbocycles. The number of aromatic nitrogens is 1. The molecule has 3 nitrogen and oxygen atoms in total. The van der Waals surface area contributed by atoms with Gasteiger partial charge in [0.1, 0.15) is 0 Å². The van der Waals surface area contributed by atoms with E-state index in [0.717, 1.165) is 11.1 Å². The fraction of sp³-hybridized carbons (Fsp3) is 0.0526. The van der Waals surface area contributed by atoms with E-state index in [2.05, 4.69) is 4.98 Å². The van der Waals surface area contributed by atoms with E-state index < -0.39 is 5.82 Å². The van der Waals surface area contributed by atoms with Crippen LogP contribution in [0, 0.1) is 5.82 Å². The van der Waals surface area contributed by atoms with E-state index in [0.29, 0.717) is 11.1 Å². The van der Waals surface area contributed by atoms with Crippen molar-refractivity contribution >= 4 is 5.78 Å². The van der Waals surface area contributed by atoms with Crippen LogP contribution in [0.2, 0.25) is 0 Å². The molecule has 0 atom stereocenters. The standard InChI is InChI=1S/C19H14FNO2/c1-23-18-7-6-16(12-17(18)20)13-2-4-14(5-3-13)19(22)15-8-10-21-11-9-15/h2-12H,1H3. The van der Waals surface area contributed by atoms with Gasteiger partial charge in [0.2, 0.25) is 0 Å². The Hall–Kier alpha value is -3.01.